The summed E-state index contributed by atoms with van der Waals surface area (Å²) in [5, 5.41) is 3.55. The number of benzene rings is 1. The fraction of sp³-hybridized carbons (Fsp3) is 0.474. The molecule has 2 aromatic rings. The Morgan fingerprint density at radius 1 is 1.17 bits per heavy atom. The number of rotatable bonds is 3. The van der Waals surface area contributed by atoms with E-state index in [-0.39, 0.29) is 0 Å². The van der Waals surface area contributed by atoms with Gasteiger partial charge in [-0.3, -0.25) is 4.90 Å². The summed E-state index contributed by atoms with van der Waals surface area (Å²) in [6.45, 7) is 4.14. The van der Waals surface area contributed by atoms with Crippen molar-refractivity contribution in [3.8, 4) is 0 Å². The van der Waals surface area contributed by atoms with Crippen molar-refractivity contribution in [1.29, 1.82) is 0 Å². The first kappa shape index (κ1) is 14.8. The molecule has 2 aliphatic rings. The molecule has 0 spiro atoms. The highest BCUT2D eigenvalue weighted by molar-refractivity contribution is 5.22. The molecule has 0 radical (unpaired) electrons. The zero-order valence-electron chi connectivity index (χ0n) is 13.5. The zero-order chi connectivity index (χ0) is 15.5. The lowest BCUT2D eigenvalue weighted by molar-refractivity contribution is 0.242. The zero-order valence-corrected chi connectivity index (χ0v) is 13.5. The Labute approximate surface area is 138 Å². The molecule has 0 aliphatic carbocycles. The molecule has 1 atom stereocenters. The number of piperidine rings is 1. The third-order valence-corrected chi connectivity index (χ3v) is 4.90. The van der Waals surface area contributed by atoms with Gasteiger partial charge in [-0.25, -0.2) is 9.97 Å². The largest absolute Gasteiger partial charge is 0.307 e. The third-order valence-electron chi connectivity index (χ3n) is 4.90. The molecular weight excluding hydrogens is 284 g/mol. The van der Waals surface area contributed by atoms with Gasteiger partial charge in [-0.2, -0.15) is 0 Å². The van der Waals surface area contributed by atoms with Crippen molar-refractivity contribution in [3.05, 3.63) is 59.2 Å². The fourth-order valence-corrected chi connectivity index (χ4v) is 3.61. The average molecular weight is 308 g/mol. The van der Waals surface area contributed by atoms with Crippen LogP contribution in [0.25, 0.3) is 0 Å². The Kier molecular flexibility index (Phi) is 4.35. The van der Waals surface area contributed by atoms with Gasteiger partial charge in [0.1, 0.15) is 5.82 Å². The average Bonchev–Trinajstić information content (AvgIpc) is 2.63. The maximum atomic E-state index is 4.88. The highest BCUT2D eigenvalue weighted by Crippen LogP contribution is 2.23. The van der Waals surface area contributed by atoms with Gasteiger partial charge in [0, 0.05) is 43.5 Å². The minimum Gasteiger partial charge on any atom is -0.307 e. The Bertz CT molecular complexity index is 650. The Morgan fingerprint density at radius 3 is 2.91 bits per heavy atom. The second-order valence-corrected chi connectivity index (χ2v) is 6.65. The molecule has 2 aliphatic heterocycles. The Morgan fingerprint density at radius 2 is 2.09 bits per heavy atom. The van der Waals surface area contributed by atoms with Crippen molar-refractivity contribution in [2.75, 3.05) is 13.1 Å². The van der Waals surface area contributed by atoms with Crippen molar-refractivity contribution in [1.82, 2.24) is 20.2 Å². The molecule has 0 amide bonds. The van der Waals surface area contributed by atoms with Crippen LogP contribution in [0.5, 0.6) is 0 Å². The molecule has 1 aromatic carbocycles. The second-order valence-electron chi connectivity index (χ2n) is 6.65. The molecule has 1 saturated heterocycles. The van der Waals surface area contributed by atoms with Crippen molar-refractivity contribution in [3.63, 3.8) is 0 Å². The van der Waals surface area contributed by atoms with Gasteiger partial charge in [0.15, 0.2) is 0 Å². The highest BCUT2D eigenvalue weighted by atomic mass is 15.1. The fourth-order valence-electron chi connectivity index (χ4n) is 3.61. The summed E-state index contributed by atoms with van der Waals surface area (Å²) in [5.74, 6) is 1.000. The van der Waals surface area contributed by atoms with Crippen LogP contribution in [0, 0.1) is 0 Å². The predicted molar refractivity (Wildman–Crippen MR) is 90.9 cm³/mol. The van der Waals surface area contributed by atoms with Crippen LogP contribution >= 0.6 is 0 Å². The van der Waals surface area contributed by atoms with Gasteiger partial charge in [-0.05, 0) is 24.9 Å². The van der Waals surface area contributed by atoms with E-state index >= 15 is 0 Å². The molecule has 4 heteroatoms. The molecule has 1 N–H and O–H groups in total. The van der Waals surface area contributed by atoms with E-state index in [9.17, 15) is 0 Å². The third kappa shape index (κ3) is 3.43. The van der Waals surface area contributed by atoms with Crippen LogP contribution in [0.15, 0.2) is 36.5 Å². The van der Waals surface area contributed by atoms with Crippen LogP contribution in [0.2, 0.25) is 0 Å². The van der Waals surface area contributed by atoms with Crippen molar-refractivity contribution < 1.29 is 0 Å². The summed E-state index contributed by atoms with van der Waals surface area (Å²) in [4.78, 5) is 12.0. The van der Waals surface area contributed by atoms with Crippen LogP contribution in [0.1, 0.15) is 47.9 Å². The Balaban J connectivity index is 1.45. The van der Waals surface area contributed by atoms with E-state index in [4.69, 9.17) is 4.98 Å². The first-order chi connectivity index (χ1) is 11.4. The molecule has 1 aromatic heterocycles. The molecular formula is C19H24N4. The lowest BCUT2D eigenvalue weighted by Crippen LogP contribution is -2.32. The van der Waals surface area contributed by atoms with E-state index in [1.165, 1.54) is 36.1 Å². The van der Waals surface area contributed by atoms with Crippen LogP contribution in [-0.2, 0) is 19.5 Å². The number of hydrogen-bond acceptors (Lipinski definition) is 4. The minimum absolute atomic E-state index is 0.358. The first-order valence-corrected chi connectivity index (χ1v) is 8.73. The van der Waals surface area contributed by atoms with Gasteiger partial charge < -0.3 is 5.32 Å². The molecule has 4 nitrogen and oxygen atoms in total. The minimum atomic E-state index is 0.358. The van der Waals surface area contributed by atoms with Crippen LogP contribution in [0.3, 0.4) is 0 Å². The standard InChI is InChI=1S/C19H24N4/c1-2-6-15(7-3-1)13-23-11-9-17-16(14-23)12-21-19(22-17)18-8-4-5-10-20-18/h1-3,6-7,12,18,20H,4-5,8-11,13-14H2. The van der Waals surface area contributed by atoms with E-state index in [0.29, 0.717) is 6.04 Å². The number of hydrogen-bond donors (Lipinski definition) is 1. The molecule has 0 bridgehead atoms. The molecule has 3 heterocycles. The summed E-state index contributed by atoms with van der Waals surface area (Å²) < 4.78 is 0. The molecule has 1 fully saturated rings. The van der Waals surface area contributed by atoms with Gasteiger partial charge in [0.2, 0.25) is 0 Å². The molecule has 120 valence electrons. The Hall–Kier alpha value is -1.78. The van der Waals surface area contributed by atoms with E-state index < -0.39 is 0 Å². The summed E-state index contributed by atoms with van der Waals surface area (Å²) in [6.07, 6.45) is 6.81. The second kappa shape index (κ2) is 6.77. The maximum Gasteiger partial charge on any atom is 0.145 e. The number of fused-ring (bicyclic) bond motifs is 1. The predicted octanol–water partition coefficient (Wildman–Crippen LogP) is 2.85. The van der Waals surface area contributed by atoms with Gasteiger partial charge in [0.05, 0.1) is 6.04 Å². The number of nitrogens with one attached hydrogen (secondary N) is 1. The van der Waals surface area contributed by atoms with Gasteiger partial charge in [0.25, 0.3) is 0 Å². The summed E-state index contributed by atoms with van der Waals surface area (Å²) in [5.41, 5.74) is 3.93. The summed E-state index contributed by atoms with van der Waals surface area (Å²) in [7, 11) is 0. The number of aromatic nitrogens is 2. The van der Waals surface area contributed by atoms with Crippen LogP contribution in [-0.4, -0.2) is 28.0 Å². The van der Waals surface area contributed by atoms with Crippen molar-refractivity contribution in [2.24, 2.45) is 0 Å². The smallest absolute Gasteiger partial charge is 0.145 e. The monoisotopic (exact) mass is 308 g/mol. The first-order valence-electron chi connectivity index (χ1n) is 8.73. The molecule has 0 saturated carbocycles. The quantitative estimate of drug-likeness (QED) is 0.946. The van der Waals surface area contributed by atoms with Gasteiger partial charge in [-0.15, -0.1) is 0 Å². The lowest BCUT2D eigenvalue weighted by Gasteiger charge is -2.29. The topological polar surface area (TPSA) is 41.1 Å². The summed E-state index contributed by atoms with van der Waals surface area (Å²) in [6, 6.07) is 11.0. The summed E-state index contributed by atoms with van der Waals surface area (Å²) >= 11 is 0. The van der Waals surface area contributed by atoms with E-state index in [1.807, 2.05) is 0 Å². The van der Waals surface area contributed by atoms with Gasteiger partial charge >= 0.3 is 0 Å². The SMILES string of the molecule is c1ccc(CN2CCc3nc(C4CCCCN4)ncc3C2)cc1. The maximum absolute atomic E-state index is 4.88. The lowest BCUT2D eigenvalue weighted by atomic mass is 10.0. The van der Waals surface area contributed by atoms with Crippen molar-refractivity contribution >= 4 is 0 Å². The molecule has 4 rings (SSSR count). The van der Waals surface area contributed by atoms with E-state index in [1.54, 1.807) is 0 Å². The number of nitrogens with zero attached hydrogens (tertiary/aromatic N) is 3. The van der Waals surface area contributed by atoms with E-state index in [0.717, 1.165) is 38.4 Å². The van der Waals surface area contributed by atoms with E-state index in [2.05, 4.69) is 51.7 Å². The van der Waals surface area contributed by atoms with Crippen molar-refractivity contribution in [2.45, 2.75) is 44.8 Å². The van der Waals surface area contributed by atoms with Crippen LogP contribution in [0.4, 0.5) is 0 Å². The van der Waals surface area contributed by atoms with Gasteiger partial charge in [-0.1, -0.05) is 36.8 Å². The normalized spacial score (nSPS) is 21.8. The highest BCUT2D eigenvalue weighted by Gasteiger charge is 2.22. The molecule has 23 heavy (non-hydrogen) atoms. The molecule has 1 unspecified atom stereocenters. The van der Waals surface area contributed by atoms with Crippen LogP contribution < -0.4 is 5.32 Å².